The molecule has 2 atom stereocenters. The summed E-state index contributed by atoms with van der Waals surface area (Å²) in [6.07, 6.45) is 0.520. The molecule has 1 aliphatic heterocycles. The summed E-state index contributed by atoms with van der Waals surface area (Å²) in [5.41, 5.74) is 0.560. The van der Waals surface area contributed by atoms with Crippen LogP contribution >= 0.6 is 23.2 Å². The minimum absolute atomic E-state index is 0.0106. The average molecular weight is 329 g/mol. The third-order valence-corrected chi connectivity index (χ3v) is 4.03. The van der Waals surface area contributed by atoms with Gasteiger partial charge in [0.05, 0.1) is 0 Å². The van der Waals surface area contributed by atoms with Crippen LogP contribution in [0.5, 0.6) is 0 Å². The van der Waals surface area contributed by atoms with Gasteiger partial charge in [-0.1, -0.05) is 44.0 Å². The van der Waals surface area contributed by atoms with E-state index in [2.05, 4.69) is 5.32 Å². The number of rotatable bonds is 3. The van der Waals surface area contributed by atoms with E-state index in [0.717, 1.165) is 0 Å². The standard InChI is InChI=1S/C15H18Cl2N2O2/c1-4-12-14(20)18-13(8(2)3)15(21)19(12)11-6-9(16)5-10(17)7-11/h5-8,12-13H,4H2,1-3H3,(H,18,20). The van der Waals surface area contributed by atoms with Crippen molar-refractivity contribution in [3.05, 3.63) is 28.2 Å². The molecule has 0 aromatic heterocycles. The van der Waals surface area contributed by atoms with Crippen molar-refractivity contribution in [2.45, 2.75) is 39.3 Å². The number of anilines is 1. The molecule has 0 spiro atoms. The molecule has 1 heterocycles. The number of nitrogens with zero attached hydrogens (tertiary/aromatic N) is 1. The normalized spacial score (nSPS) is 22.7. The van der Waals surface area contributed by atoms with E-state index < -0.39 is 12.1 Å². The highest BCUT2D eigenvalue weighted by Gasteiger charge is 2.41. The maximum Gasteiger partial charge on any atom is 0.250 e. The summed E-state index contributed by atoms with van der Waals surface area (Å²) in [5.74, 6) is -0.266. The van der Waals surface area contributed by atoms with Gasteiger partial charge in [0.1, 0.15) is 12.1 Å². The van der Waals surface area contributed by atoms with Gasteiger partial charge in [-0.3, -0.25) is 14.5 Å². The van der Waals surface area contributed by atoms with Gasteiger partial charge in [0.25, 0.3) is 5.91 Å². The molecule has 2 amide bonds. The zero-order chi connectivity index (χ0) is 15.7. The number of piperazine rings is 1. The van der Waals surface area contributed by atoms with Crippen molar-refractivity contribution in [2.75, 3.05) is 4.90 Å². The van der Waals surface area contributed by atoms with Crippen LogP contribution in [0.2, 0.25) is 10.0 Å². The van der Waals surface area contributed by atoms with Gasteiger partial charge < -0.3 is 5.32 Å². The Morgan fingerprint density at radius 1 is 1.19 bits per heavy atom. The van der Waals surface area contributed by atoms with Gasteiger partial charge in [0.15, 0.2) is 0 Å². The van der Waals surface area contributed by atoms with Crippen molar-refractivity contribution in [1.29, 1.82) is 0 Å². The third-order valence-electron chi connectivity index (χ3n) is 3.59. The minimum Gasteiger partial charge on any atom is -0.342 e. The Hall–Kier alpha value is -1.26. The number of amides is 2. The zero-order valence-corrected chi connectivity index (χ0v) is 13.7. The van der Waals surface area contributed by atoms with E-state index >= 15 is 0 Å². The molecule has 1 N–H and O–H groups in total. The molecular formula is C15H18Cl2N2O2. The van der Waals surface area contributed by atoms with E-state index in [9.17, 15) is 9.59 Å². The SMILES string of the molecule is CCC1C(=O)NC(C(C)C)C(=O)N1c1cc(Cl)cc(Cl)c1. The molecule has 1 fully saturated rings. The summed E-state index contributed by atoms with van der Waals surface area (Å²) in [6, 6.07) is 3.84. The Balaban J connectivity index is 2.49. The van der Waals surface area contributed by atoms with Gasteiger partial charge in [0.2, 0.25) is 5.91 Å². The molecule has 21 heavy (non-hydrogen) atoms. The summed E-state index contributed by atoms with van der Waals surface area (Å²) in [7, 11) is 0. The third kappa shape index (κ3) is 3.16. The maximum atomic E-state index is 12.7. The largest absolute Gasteiger partial charge is 0.342 e. The van der Waals surface area contributed by atoms with Crippen molar-refractivity contribution in [1.82, 2.24) is 5.32 Å². The first-order valence-corrected chi connectivity index (χ1v) is 7.70. The highest BCUT2D eigenvalue weighted by atomic mass is 35.5. The van der Waals surface area contributed by atoms with Crippen LogP contribution in [0.15, 0.2) is 18.2 Å². The minimum atomic E-state index is -0.540. The molecule has 1 saturated heterocycles. The van der Waals surface area contributed by atoms with Crippen LogP contribution in [-0.2, 0) is 9.59 Å². The number of halogens is 2. The van der Waals surface area contributed by atoms with E-state index in [1.165, 1.54) is 4.90 Å². The summed E-state index contributed by atoms with van der Waals surface area (Å²) >= 11 is 12.0. The zero-order valence-electron chi connectivity index (χ0n) is 12.2. The van der Waals surface area contributed by atoms with Gasteiger partial charge in [-0.15, -0.1) is 0 Å². The fraction of sp³-hybridized carbons (Fsp3) is 0.467. The Bertz CT molecular complexity index is 555. The van der Waals surface area contributed by atoms with E-state index in [-0.39, 0.29) is 17.7 Å². The Kier molecular flexibility index (Phi) is 4.79. The van der Waals surface area contributed by atoms with Crippen molar-refractivity contribution in [3.63, 3.8) is 0 Å². The Morgan fingerprint density at radius 2 is 1.76 bits per heavy atom. The second-order valence-corrected chi connectivity index (χ2v) is 6.36. The van der Waals surface area contributed by atoms with Gasteiger partial charge in [-0.25, -0.2) is 0 Å². The fourth-order valence-electron chi connectivity index (χ4n) is 2.54. The lowest BCUT2D eigenvalue weighted by atomic mass is 9.96. The van der Waals surface area contributed by atoms with Gasteiger partial charge in [0, 0.05) is 15.7 Å². The highest BCUT2D eigenvalue weighted by molar-refractivity contribution is 6.35. The van der Waals surface area contributed by atoms with Crippen molar-refractivity contribution in [2.24, 2.45) is 5.92 Å². The molecule has 114 valence electrons. The van der Waals surface area contributed by atoms with Crippen molar-refractivity contribution >= 4 is 40.7 Å². The highest BCUT2D eigenvalue weighted by Crippen LogP contribution is 2.30. The predicted octanol–water partition coefficient (Wildman–Crippen LogP) is 3.26. The lowest BCUT2D eigenvalue weighted by Crippen LogP contribution is -2.64. The van der Waals surface area contributed by atoms with Crippen LogP contribution in [0.1, 0.15) is 27.2 Å². The quantitative estimate of drug-likeness (QED) is 0.925. The first-order valence-electron chi connectivity index (χ1n) is 6.94. The van der Waals surface area contributed by atoms with Gasteiger partial charge in [-0.05, 0) is 30.5 Å². The first kappa shape index (κ1) is 16.1. The molecule has 4 nitrogen and oxygen atoms in total. The average Bonchev–Trinajstić information content (AvgIpc) is 2.38. The summed E-state index contributed by atoms with van der Waals surface area (Å²) in [6.45, 7) is 5.67. The molecule has 1 aromatic carbocycles. The van der Waals surface area contributed by atoms with E-state index in [4.69, 9.17) is 23.2 Å². The van der Waals surface area contributed by atoms with Crippen LogP contribution in [0.3, 0.4) is 0 Å². The van der Waals surface area contributed by atoms with Crippen LogP contribution in [0, 0.1) is 5.92 Å². The molecule has 2 unspecified atom stereocenters. The van der Waals surface area contributed by atoms with Gasteiger partial charge in [-0.2, -0.15) is 0 Å². The smallest absolute Gasteiger partial charge is 0.250 e. The summed E-state index contributed by atoms with van der Waals surface area (Å²) in [5, 5.41) is 3.67. The Morgan fingerprint density at radius 3 is 2.24 bits per heavy atom. The monoisotopic (exact) mass is 328 g/mol. The summed E-state index contributed by atoms with van der Waals surface area (Å²) in [4.78, 5) is 26.5. The topological polar surface area (TPSA) is 49.4 Å². The number of hydrogen-bond acceptors (Lipinski definition) is 2. The van der Waals surface area contributed by atoms with E-state index in [1.54, 1.807) is 18.2 Å². The lowest BCUT2D eigenvalue weighted by Gasteiger charge is -2.40. The second-order valence-electron chi connectivity index (χ2n) is 5.49. The molecule has 1 aliphatic rings. The van der Waals surface area contributed by atoms with Crippen LogP contribution < -0.4 is 10.2 Å². The van der Waals surface area contributed by atoms with Crippen LogP contribution in [0.4, 0.5) is 5.69 Å². The Labute approximate surface area is 134 Å². The predicted molar refractivity (Wildman–Crippen MR) is 84.8 cm³/mol. The molecule has 0 aliphatic carbocycles. The summed E-state index contributed by atoms with van der Waals surface area (Å²) < 4.78 is 0. The number of carbonyl (C=O) groups is 2. The first-order chi connectivity index (χ1) is 9.85. The molecule has 0 radical (unpaired) electrons. The molecule has 1 aromatic rings. The molecule has 6 heteroatoms. The number of benzene rings is 1. The molecule has 0 bridgehead atoms. The number of hydrogen-bond donors (Lipinski definition) is 1. The van der Waals surface area contributed by atoms with Crippen LogP contribution in [0.25, 0.3) is 0 Å². The number of nitrogens with one attached hydrogen (secondary N) is 1. The van der Waals surface area contributed by atoms with Crippen molar-refractivity contribution < 1.29 is 9.59 Å². The maximum absolute atomic E-state index is 12.7. The molecular weight excluding hydrogens is 311 g/mol. The van der Waals surface area contributed by atoms with Gasteiger partial charge >= 0.3 is 0 Å². The second kappa shape index (κ2) is 6.24. The van der Waals surface area contributed by atoms with E-state index in [1.807, 2.05) is 20.8 Å². The molecule has 0 saturated carbocycles. The number of carbonyl (C=O) groups excluding carboxylic acids is 2. The molecule has 2 rings (SSSR count). The van der Waals surface area contributed by atoms with Crippen molar-refractivity contribution in [3.8, 4) is 0 Å². The fourth-order valence-corrected chi connectivity index (χ4v) is 3.05. The van der Waals surface area contributed by atoms with E-state index in [0.29, 0.717) is 22.2 Å². The lowest BCUT2D eigenvalue weighted by molar-refractivity contribution is -0.134. The van der Waals surface area contributed by atoms with Crippen LogP contribution in [-0.4, -0.2) is 23.9 Å².